The van der Waals surface area contributed by atoms with Gasteiger partial charge in [-0.05, 0) is 6.92 Å². The maximum atomic E-state index is 3.72. The van der Waals surface area contributed by atoms with Crippen molar-refractivity contribution in [3.05, 3.63) is 12.7 Å². The highest BCUT2D eigenvalue weighted by Crippen LogP contribution is 1.96. The van der Waals surface area contributed by atoms with Crippen molar-refractivity contribution < 1.29 is 0 Å². The van der Waals surface area contributed by atoms with Gasteiger partial charge >= 0.3 is 0 Å². The van der Waals surface area contributed by atoms with Gasteiger partial charge in [-0.25, -0.2) is 0 Å². The maximum absolute atomic E-state index is 3.72. The lowest BCUT2D eigenvalue weighted by molar-refractivity contribution is 0.226. The summed E-state index contributed by atoms with van der Waals surface area (Å²) in [4.78, 5) is 2.41. The van der Waals surface area contributed by atoms with Crippen LogP contribution in [0.3, 0.4) is 0 Å². The van der Waals surface area contributed by atoms with E-state index in [-0.39, 0.29) is 0 Å². The molecular weight excluding hydrogens is 124 g/mol. The zero-order valence-corrected chi connectivity index (χ0v) is 6.64. The van der Waals surface area contributed by atoms with Crippen LogP contribution in [0.1, 0.15) is 6.92 Å². The van der Waals surface area contributed by atoms with E-state index < -0.39 is 0 Å². The molecule has 0 amide bonds. The first-order valence-corrected chi connectivity index (χ1v) is 3.89. The molecule has 1 aliphatic rings. The fourth-order valence-corrected chi connectivity index (χ4v) is 1.36. The van der Waals surface area contributed by atoms with E-state index in [1.54, 1.807) is 0 Å². The van der Waals surface area contributed by atoms with Crippen LogP contribution in [0.25, 0.3) is 0 Å². The van der Waals surface area contributed by atoms with Crippen molar-refractivity contribution >= 4 is 0 Å². The zero-order chi connectivity index (χ0) is 7.40. The van der Waals surface area contributed by atoms with Gasteiger partial charge < -0.3 is 5.32 Å². The molecule has 1 heterocycles. The fraction of sp³-hybridized carbons (Fsp3) is 0.750. The molecule has 0 aromatic carbocycles. The minimum atomic E-state index is 0.647. The molecule has 2 heteroatoms. The topological polar surface area (TPSA) is 15.3 Å². The van der Waals surface area contributed by atoms with Gasteiger partial charge in [0.25, 0.3) is 0 Å². The highest BCUT2D eigenvalue weighted by molar-refractivity contribution is 4.80. The molecule has 0 aromatic rings. The Hall–Kier alpha value is -0.340. The van der Waals surface area contributed by atoms with E-state index in [1.807, 2.05) is 6.08 Å². The molecular formula is C8H16N2. The lowest BCUT2D eigenvalue weighted by Crippen LogP contribution is -2.49. The number of hydrogen-bond acceptors (Lipinski definition) is 2. The van der Waals surface area contributed by atoms with Crippen LogP contribution < -0.4 is 5.32 Å². The van der Waals surface area contributed by atoms with Crippen LogP contribution in [0.5, 0.6) is 0 Å². The number of piperazine rings is 1. The molecule has 0 aromatic heterocycles. The largest absolute Gasteiger partial charge is 0.312 e. The van der Waals surface area contributed by atoms with Crippen molar-refractivity contribution in [3.63, 3.8) is 0 Å². The normalized spacial score (nSPS) is 28.3. The minimum Gasteiger partial charge on any atom is -0.312 e. The van der Waals surface area contributed by atoms with Crippen molar-refractivity contribution in [3.8, 4) is 0 Å². The molecule has 1 atom stereocenters. The number of nitrogens with zero attached hydrogens (tertiary/aromatic N) is 1. The fourth-order valence-electron chi connectivity index (χ4n) is 1.36. The Morgan fingerprint density at radius 2 is 2.60 bits per heavy atom. The summed E-state index contributed by atoms with van der Waals surface area (Å²) in [6.45, 7) is 10.4. The third kappa shape index (κ3) is 2.12. The van der Waals surface area contributed by atoms with E-state index in [0.717, 1.165) is 26.2 Å². The summed E-state index contributed by atoms with van der Waals surface area (Å²) in [6.07, 6.45) is 1.97. The molecule has 0 spiro atoms. The van der Waals surface area contributed by atoms with E-state index in [2.05, 4.69) is 23.7 Å². The predicted molar refractivity (Wildman–Crippen MR) is 44.1 cm³/mol. The first-order valence-electron chi connectivity index (χ1n) is 3.89. The lowest BCUT2D eigenvalue weighted by atomic mass is 10.2. The second kappa shape index (κ2) is 3.74. The zero-order valence-electron chi connectivity index (χ0n) is 6.64. The monoisotopic (exact) mass is 140 g/mol. The van der Waals surface area contributed by atoms with Crippen LogP contribution >= 0.6 is 0 Å². The quantitative estimate of drug-likeness (QED) is 0.561. The summed E-state index contributed by atoms with van der Waals surface area (Å²) in [5, 5.41) is 3.39. The SMILES string of the molecule is C=CCN1CCN[C@@H](C)C1. The highest BCUT2D eigenvalue weighted by Gasteiger charge is 2.12. The third-order valence-corrected chi connectivity index (χ3v) is 1.84. The van der Waals surface area contributed by atoms with Crippen LogP contribution in [0.15, 0.2) is 12.7 Å². The average Bonchev–Trinajstić information content (AvgIpc) is 1.88. The summed E-state index contributed by atoms with van der Waals surface area (Å²) < 4.78 is 0. The second-order valence-electron chi connectivity index (χ2n) is 2.90. The van der Waals surface area contributed by atoms with Gasteiger partial charge in [-0.2, -0.15) is 0 Å². The van der Waals surface area contributed by atoms with Crippen LogP contribution in [0, 0.1) is 0 Å². The maximum Gasteiger partial charge on any atom is 0.0167 e. The van der Waals surface area contributed by atoms with Gasteiger partial charge in [0.15, 0.2) is 0 Å². The van der Waals surface area contributed by atoms with E-state index >= 15 is 0 Å². The van der Waals surface area contributed by atoms with Crippen LogP contribution in [0.4, 0.5) is 0 Å². The Kier molecular flexibility index (Phi) is 2.90. The summed E-state index contributed by atoms with van der Waals surface area (Å²) in [5.41, 5.74) is 0. The number of hydrogen-bond donors (Lipinski definition) is 1. The van der Waals surface area contributed by atoms with Gasteiger partial charge in [-0.1, -0.05) is 6.08 Å². The van der Waals surface area contributed by atoms with Gasteiger partial charge in [0.1, 0.15) is 0 Å². The number of nitrogens with one attached hydrogen (secondary N) is 1. The highest BCUT2D eigenvalue weighted by atomic mass is 15.2. The molecule has 0 aliphatic carbocycles. The molecule has 58 valence electrons. The van der Waals surface area contributed by atoms with Crippen LogP contribution in [-0.2, 0) is 0 Å². The molecule has 0 unspecified atom stereocenters. The molecule has 1 saturated heterocycles. The van der Waals surface area contributed by atoms with Crippen molar-refractivity contribution in [2.75, 3.05) is 26.2 Å². The minimum absolute atomic E-state index is 0.647. The third-order valence-electron chi connectivity index (χ3n) is 1.84. The molecule has 0 radical (unpaired) electrons. The van der Waals surface area contributed by atoms with E-state index in [9.17, 15) is 0 Å². The molecule has 1 aliphatic heterocycles. The van der Waals surface area contributed by atoms with Gasteiger partial charge in [-0.3, -0.25) is 4.90 Å². The molecule has 1 N–H and O–H groups in total. The Morgan fingerprint density at radius 1 is 1.80 bits per heavy atom. The van der Waals surface area contributed by atoms with Crippen LogP contribution in [-0.4, -0.2) is 37.1 Å². The van der Waals surface area contributed by atoms with Crippen molar-refractivity contribution in [2.24, 2.45) is 0 Å². The Labute approximate surface area is 62.9 Å². The first-order chi connectivity index (χ1) is 4.83. The van der Waals surface area contributed by atoms with E-state index in [0.29, 0.717) is 6.04 Å². The van der Waals surface area contributed by atoms with Crippen LogP contribution in [0.2, 0.25) is 0 Å². The van der Waals surface area contributed by atoms with Gasteiger partial charge in [0, 0.05) is 32.2 Å². The summed E-state index contributed by atoms with van der Waals surface area (Å²) in [6, 6.07) is 0.647. The van der Waals surface area contributed by atoms with Crippen molar-refractivity contribution in [2.45, 2.75) is 13.0 Å². The van der Waals surface area contributed by atoms with Crippen molar-refractivity contribution in [1.82, 2.24) is 10.2 Å². The summed E-state index contributed by atoms with van der Waals surface area (Å²) in [5.74, 6) is 0. The molecule has 10 heavy (non-hydrogen) atoms. The molecule has 2 nitrogen and oxygen atoms in total. The molecule has 1 fully saturated rings. The smallest absolute Gasteiger partial charge is 0.0167 e. The Morgan fingerprint density at radius 3 is 3.20 bits per heavy atom. The summed E-state index contributed by atoms with van der Waals surface area (Å²) >= 11 is 0. The number of rotatable bonds is 2. The summed E-state index contributed by atoms with van der Waals surface area (Å²) in [7, 11) is 0. The predicted octanol–water partition coefficient (Wildman–Crippen LogP) is 0.466. The average molecular weight is 140 g/mol. The molecule has 0 bridgehead atoms. The van der Waals surface area contributed by atoms with Gasteiger partial charge in [0.2, 0.25) is 0 Å². The van der Waals surface area contributed by atoms with E-state index in [1.165, 1.54) is 0 Å². The standard InChI is InChI=1S/C8H16N2/c1-3-5-10-6-4-9-8(2)7-10/h3,8-9H,1,4-7H2,2H3/t8-/m0/s1. The lowest BCUT2D eigenvalue weighted by Gasteiger charge is -2.30. The first kappa shape index (κ1) is 7.76. The molecule has 0 saturated carbocycles. The van der Waals surface area contributed by atoms with Gasteiger partial charge in [0.05, 0.1) is 0 Å². The Balaban J connectivity index is 2.24. The molecule has 1 rings (SSSR count). The van der Waals surface area contributed by atoms with Gasteiger partial charge in [-0.15, -0.1) is 6.58 Å². The van der Waals surface area contributed by atoms with E-state index in [4.69, 9.17) is 0 Å². The second-order valence-corrected chi connectivity index (χ2v) is 2.90. The Bertz CT molecular complexity index is 112. The van der Waals surface area contributed by atoms with Crippen molar-refractivity contribution in [1.29, 1.82) is 0 Å².